The summed E-state index contributed by atoms with van der Waals surface area (Å²) in [4.78, 5) is 31.2. The van der Waals surface area contributed by atoms with Gasteiger partial charge < -0.3 is 19.5 Å². The highest BCUT2D eigenvalue weighted by molar-refractivity contribution is 6.46. The summed E-state index contributed by atoms with van der Waals surface area (Å²) in [5.41, 5.74) is 3.30. The SMILES string of the molecule is COCCN1C(=O)C(=O)C(=C(O)c2ccc(OCc3cccc(C)c3)cc2)[C@@H]1c1cccnc1. The second-order valence-electron chi connectivity index (χ2n) is 8.07. The van der Waals surface area contributed by atoms with Crippen LogP contribution in [0.25, 0.3) is 5.76 Å². The maximum absolute atomic E-state index is 12.9. The van der Waals surface area contributed by atoms with Crippen LogP contribution in [0.1, 0.15) is 28.3 Å². The molecule has 3 aromatic rings. The lowest BCUT2D eigenvalue weighted by molar-refractivity contribution is -0.140. The number of methoxy groups -OCH3 is 1. The number of aromatic nitrogens is 1. The van der Waals surface area contributed by atoms with Crippen LogP contribution in [-0.2, 0) is 20.9 Å². The first-order chi connectivity index (χ1) is 16.5. The minimum atomic E-state index is -0.749. The predicted molar refractivity (Wildman–Crippen MR) is 127 cm³/mol. The van der Waals surface area contributed by atoms with Crippen molar-refractivity contribution >= 4 is 17.4 Å². The van der Waals surface area contributed by atoms with E-state index in [-0.39, 0.29) is 24.5 Å². The van der Waals surface area contributed by atoms with Crippen molar-refractivity contribution in [1.82, 2.24) is 9.88 Å². The number of likely N-dealkylation sites (tertiary alicyclic amines) is 1. The minimum Gasteiger partial charge on any atom is -0.507 e. The third-order valence-corrected chi connectivity index (χ3v) is 5.69. The van der Waals surface area contributed by atoms with Crippen LogP contribution in [0.4, 0.5) is 0 Å². The number of ketones is 1. The summed E-state index contributed by atoms with van der Waals surface area (Å²) in [6.45, 7) is 2.91. The Hall–Kier alpha value is -3.97. The molecule has 1 aliphatic rings. The first-order valence-corrected chi connectivity index (χ1v) is 11.0. The molecule has 7 nitrogen and oxygen atoms in total. The van der Waals surface area contributed by atoms with Crippen LogP contribution in [0, 0.1) is 6.92 Å². The highest BCUT2D eigenvalue weighted by Gasteiger charge is 2.45. The van der Waals surface area contributed by atoms with Crippen molar-refractivity contribution in [2.45, 2.75) is 19.6 Å². The van der Waals surface area contributed by atoms with Crippen LogP contribution >= 0.6 is 0 Å². The average Bonchev–Trinajstić information content (AvgIpc) is 3.11. The highest BCUT2D eigenvalue weighted by Crippen LogP contribution is 2.39. The summed E-state index contributed by atoms with van der Waals surface area (Å²) in [5, 5.41) is 11.1. The van der Waals surface area contributed by atoms with Gasteiger partial charge in [0, 0.05) is 31.6 Å². The van der Waals surface area contributed by atoms with Gasteiger partial charge in [-0.15, -0.1) is 0 Å². The second-order valence-corrected chi connectivity index (χ2v) is 8.07. The fraction of sp³-hybridized carbons (Fsp3) is 0.222. The zero-order valence-electron chi connectivity index (χ0n) is 19.1. The molecule has 0 unspecified atom stereocenters. The third-order valence-electron chi connectivity index (χ3n) is 5.69. The van der Waals surface area contributed by atoms with E-state index in [1.54, 1.807) is 48.8 Å². The van der Waals surface area contributed by atoms with Gasteiger partial charge in [-0.3, -0.25) is 14.6 Å². The van der Waals surface area contributed by atoms with Crippen molar-refractivity contribution in [3.05, 3.63) is 101 Å². The van der Waals surface area contributed by atoms with Crippen LogP contribution in [0.5, 0.6) is 5.75 Å². The fourth-order valence-electron chi connectivity index (χ4n) is 4.02. The zero-order chi connectivity index (χ0) is 24.1. The first-order valence-electron chi connectivity index (χ1n) is 11.0. The van der Waals surface area contributed by atoms with E-state index < -0.39 is 17.7 Å². The number of amides is 1. The van der Waals surface area contributed by atoms with Gasteiger partial charge in [0.25, 0.3) is 11.7 Å². The molecule has 0 bridgehead atoms. The molecule has 1 fully saturated rings. The van der Waals surface area contributed by atoms with E-state index in [9.17, 15) is 14.7 Å². The molecule has 174 valence electrons. The number of aliphatic hydroxyl groups excluding tert-OH is 1. The Morgan fingerprint density at radius 3 is 2.56 bits per heavy atom. The van der Waals surface area contributed by atoms with Gasteiger partial charge in [0.1, 0.15) is 18.1 Å². The Bertz CT molecular complexity index is 1210. The standard InChI is InChI=1S/C27H26N2O5/c1-18-5-3-6-19(15-18)17-34-22-10-8-20(9-11-22)25(30)23-24(21-7-4-12-28-16-21)29(13-14-33-2)27(32)26(23)31/h3-12,15-16,24,30H,13-14,17H2,1-2H3/t24-/m0/s1. The van der Waals surface area contributed by atoms with Gasteiger partial charge in [-0.1, -0.05) is 35.9 Å². The number of rotatable bonds is 8. The summed E-state index contributed by atoms with van der Waals surface area (Å²) in [5.74, 6) is -1.02. The summed E-state index contributed by atoms with van der Waals surface area (Å²) in [6.07, 6.45) is 3.20. The molecule has 2 heterocycles. The van der Waals surface area contributed by atoms with E-state index in [4.69, 9.17) is 9.47 Å². The Morgan fingerprint density at radius 2 is 1.88 bits per heavy atom. The minimum absolute atomic E-state index is 0.0301. The topological polar surface area (TPSA) is 89.0 Å². The number of hydrogen-bond donors (Lipinski definition) is 1. The normalized spacial score (nSPS) is 17.2. The molecular formula is C27H26N2O5. The quantitative estimate of drug-likeness (QED) is 0.311. The maximum Gasteiger partial charge on any atom is 0.295 e. The summed E-state index contributed by atoms with van der Waals surface area (Å²) in [7, 11) is 1.53. The lowest BCUT2D eigenvalue weighted by Crippen LogP contribution is -2.32. The molecular weight excluding hydrogens is 432 g/mol. The van der Waals surface area contributed by atoms with Crippen molar-refractivity contribution in [1.29, 1.82) is 0 Å². The monoisotopic (exact) mass is 458 g/mol. The summed E-state index contributed by atoms with van der Waals surface area (Å²) >= 11 is 0. The van der Waals surface area contributed by atoms with Crippen molar-refractivity contribution in [3.63, 3.8) is 0 Å². The number of Topliss-reactive ketones (excluding diaryl/α,β-unsaturated/α-hetero) is 1. The van der Waals surface area contributed by atoms with Crippen LogP contribution in [-0.4, -0.2) is 46.9 Å². The lowest BCUT2D eigenvalue weighted by Gasteiger charge is -2.24. The largest absolute Gasteiger partial charge is 0.507 e. The number of benzene rings is 2. The number of aryl methyl sites for hydroxylation is 1. The number of nitrogens with zero attached hydrogens (tertiary/aromatic N) is 2. The lowest BCUT2D eigenvalue weighted by atomic mass is 9.96. The smallest absolute Gasteiger partial charge is 0.295 e. The number of hydrogen-bond acceptors (Lipinski definition) is 6. The molecule has 34 heavy (non-hydrogen) atoms. The molecule has 0 radical (unpaired) electrons. The van der Waals surface area contributed by atoms with Gasteiger partial charge in [-0.2, -0.15) is 0 Å². The molecule has 1 atom stereocenters. The summed E-state index contributed by atoms with van der Waals surface area (Å²) < 4.78 is 11.0. The number of carbonyl (C=O) groups is 2. The predicted octanol–water partition coefficient (Wildman–Crippen LogP) is 4.04. The number of aliphatic hydroxyl groups is 1. The molecule has 0 spiro atoms. The Labute approximate surface area is 198 Å². The maximum atomic E-state index is 12.9. The number of pyridine rings is 1. The fourth-order valence-corrected chi connectivity index (χ4v) is 4.02. The molecule has 7 heteroatoms. The van der Waals surface area contributed by atoms with Crippen LogP contribution < -0.4 is 4.74 Å². The van der Waals surface area contributed by atoms with Crippen molar-refractivity contribution in [2.24, 2.45) is 0 Å². The molecule has 1 amide bonds. The summed E-state index contributed by atoms with van der Waals surface area (Å²) in [6, 6.07) is 17.6. The van der Waals surface area contributed by atoms with Crippen LogP contribution in [0.15, 0.2) is 78.6 Å². The molecule has 4 rings (SSSR count). The van der Waals surface area contributed by atoms with Gasteiger partial charge in [0.05, 0.1) is 18.2 Å². The zero-order valence-corrected chi connectivity index (χ0v) is 19.1. The van der Waals surface area contributed by atoms with Gasteiger partial charge in [0.2, 0.25) is 0 Å². The molecule has 0 saturated carbocycles. The van der Waals surface area contributed by atoms with Crippen LogP contribution in [0.3, 0.4) is 0 Å². The molecule has 1 aromatic heterocycles. The molecule has 1 saturated heterocycles. The van der Waals surface area contributed by atoms with Crippen molar-refractivity contribution < 1.29 is 24.2 Å². The number of ether oxygens (including phenoxy) is 2. The average molecular weight is 459 g/mol. The molecule has 1 aliphatic heterocycles. The Balaban J connectivity index is 1.62. The molecule has 1 N–H and O–H groups in total. The van der Waals surface area contributed by atoms with Gasteiger partial charge in [0.15, 0.2) is 0 Å². The Kier molecular flexibility index (Phi) is 7.04. The van der Waals surface area contributed by atoms with Gasteiger partial charge >= 0.3 is 0 Å². The second kappa shape index (κ2) is 10.3. The van der Waals surface area contributed by atoms with E-state index in [1.165, 1.54) is 12.0 Å². The highest BCUT2D eigenvalue weighted by atomic mass is 16.5. The van der Waals surface area contributed by atoms with Crippen molar-refractivity contribution in [2.75, 3.05) is 20.3 Å². The van der Waals surface area contributed by atoms with Gasteiger partial charge in [-0.05, 0) is 48.4 Å². The molecule has 0 aliphatic carbocycles. The van der Waals surface area contributed by atoms with Crippen LogP contribution in [0.2, 0.25) is 0 Å². The van der Waals surface area contributed by atoms with E-state index in [1.807, 2.05) is 25.1 Å². The first kappa shape index (κ1) is 23.2. The van der Waals surface area contributed by atoms with E-state index in [0.717, 1.165) is 11.1 Å². The molecule has 2 aromatic carbocycles. The Morgan fingerprint density at radius 1 is 1.09 bits per heavy atom. The van der Waals surface area contributed by atoms with E-state index >= 15 is 0 Å². The van der Waals surface area contributed by atoms with E-state index in [2.05, 4.69) is 11.1 Å². The van der Waals surface area contributed by atoms with E-state index in [0.29, 0.717) is 23.5 Å². The van der Waals surface area contributed by atoms with Crippen molar-refractivity contribution in [3.8, 4) is 5.75 Å². The van der Waals surface area contributed by atoms with Gasteiger partial charge in [-0.25, -0.2) is 0 Å². The number of carbonyl (C=O) groups excluding carboxylic acids is 2. The third kappa shape index (κ3) is 4.84.